The molecule has 2 aromatic rings. The van der Waals surface area contributed by atoms with Gasteiger partial charge in [0.1, 0.15) is 11.4 Å². The van der Waals surface area contributed by atoms with Crippen LogP contribution in [0.15, 0.2) is 36.4 Å². The van der Waals surface area contributed by atoms with E-state index < -0.39 is 5.91 Å². The van der Waals surface area contributed by atoms with E-state index in [4.69, 9.17) is 10.5 Å². The van der Waals surface area contributed by atoms with E-state index in [0.29, 0.717) is 9.75 Å². The number of nitrogens with two attached hydrogens (primary N) is 1. The van der Waals surface area contributed by atoms with E-state index in [9.17, 15) is 9.59 Å². The third-order valence-electron chi connectivity index (χ3n) is 5.47. The van der Waals surface area contributed by atoms with Gasteiger partial charge in [-0.3, -0.25) is 9.59 Å². The Bertz CT molecular complexity index is 871. The lowest BCUT2D eigenvalue weighted by atomic mass is 9.80. The average Bonchev–Trinajstić information content (AvgIpc) is 3.15. The Morgan fingerprint density at radius 1 is 1.19 bits per heavy atom. The van der Waals surface area contributed by atoms with Crippen LogP contribution in [0.5, 0.6) is 5.75 Å². The van der Waals surface area contributed by atoms with Crippen LogP contribution in [0.2, 0.25) is 0 Å². The van der Waals surface area contributed by atoms with Crippen LogP contribution in [-0.4, -0.2) is 42.5 Å². The molecule has 1 atom stereocenters. The van der Waals surface area contributed by atoms with Gasteiger partial charge in [0, 0.05) is 25.1 Å². The van der Waals surface area contributed by atoms with Gasteiger partial charge in [-0.2, -0.15) is 0 Å². The van der Waals surface area contributed by atoms with Gasteiger partial charge in [0.15, 0.2) is 0 Å². The zero-order valence-corrected chi connectivity index (χ0v) is 16.1. The SMILES string of the molecule is CN1CCC2(CC1)CC(NC(=O)c1ccc(C(N)=O)s1)c1ccccc1O2. The number of thiophene rings is 1. The summed E-state index contributed by atoms with van der Waals surface area (Å²) in [5.74, 6) is 0.153. The monoisotopic (exact) mass is 385 g/mol. The number of benzene rings is 1. The first-order chi connectivity index (χ1) is 13.0. The fraction of sp³-hybridized carbons (Fsp3) is 0.400. The van der Waals surface area contributed by atoms with Crippen LogP contribution < -0.4 is 15.8 Å². The molecule has 1 aromatic carbocycles. The van der Waals surface area contributed by atoms with Gasteiger partial charge < -0.3 is 20.7 Å². The highest BCUT2D eigenvalue weighted by Crippen LogP contribution is 2.44. The Balaban J connectivity index is 1.58. The summed E-state index contributed by atoms with van der Waals surface area (Å²) in [4.78, 5) is 27.3. The second-order valence-electron chi connectivity index (χ2n) is 7.38. The fourth-order valence-corrected chi connectivity index (χ4v) is 4.66. The molecule has 1 fully saturated rings. The topological polar surface area (TPSA) is 84.7 Å². The molecule has 4 rings (SSSR count). The summed E-state index contributed by atoms with van der Waals surface area (Å²) in [5, 5.41) is 3.15. The van der Waals surface area contributed by atoms with Crippen molar-refractivity contribution in [1.82, 2.24) is 10.2 Å². The second kappa shape index (κ2) is 6.98. The third-order valence-corrected chi connectivity index (χ3v) is 6.57. The molecule has 0 bridgehead atoms. The minimum absolute atomic E-state index is 0.120. The van der Waals surface area contributed by atoms with Crippen molar-refractivity contribution >= 4 is 23.2 Å². The predicted molar refractivity (Wildman–Crippen MR) is 104 cm³/mol. The molecule has 7 heteroatoms. The number of para-hydroxylation sites is 1. The van der Waals surface area contributed by atoms with E-state index in [1.165, 1.54) is 0 Å². The molecule has 3 heterocycles. The predicted octanol–water partition coefficient (Wildman–Crippen LogP) is 2.57. The van der Waals surface area contributed by atoms with Crippen molar-refractivity contribution in [3.05, 3.63) is 51.7 Å². The number of ether oxygens (including phenoxy) is 1. The summed E-state index contributed by atoms with van der Waals surface area (Å²) in [5.41, 5.74) is 6.06. The van der Waals surface area contributed by atoms with Crippen LogP contribution in [0.1, 0.15) is 50.2 Å². The van der Waals surface area contributed by atoms with Crippen molar-refractivity contribution in [3.63, 3.8) is 0 Å². The largest absolute Gasteiger partial charge is 0.487 e. The molecule has 1 unspecified atom stereocenters. The summed E-state index contributed by atoms with van der Waals surface area (Å²) >= 11 is 1.12. The molecule has 3 N–H and O–H groups in total. The number of hydrogen-bond acceptors (Lipinski definition) is 5. The lowest BCUT2D eigenvalue weighted by Gasteiger charge is -2.46. The highest BCUT2D eigenvalue weighted by atomic mass is 32.1. The normalized spacial score (nSPS) is 21.3. The Labute approximate surface area is 162 Å². The molecule has 1 aromatic heterocycles. The van der Waals surface area contributed by atoms with E-state index in [1.807, 2.05) is 24.3 Å². The number of hydrogen-bond donors (Lipinski definition) is 2. The molecule has 2 aliphatic rings. The maximum Gasteiger partial charge on any atom is 0.261 e. The van der Waals surface area contributed by atoms with Crippen molar-refractivity contribution in [3.8, 4) is 5.75 Å². The number of rotatable bonds is 3. The molecule has 2 amide bonds. The maximum absolute atomic E-state index is 12.8. The van der Waals surface area contributed by atoms with Crippen molar-refractivity contribution in [1.29, 1.82) is 0 Å². The van der Waals surface area contributed by atoms with Gasteiger partial charge in [-0.1, -0.05) is 18.2 Å². The lowest BCUT2D eigenvalue weighted by molar-refractivity contribution is -0.0195. The number of amides is 2. The van der Waals surface area contributed by atoms with Gasteiger partial charge >= 0.3 is 0 Å². The fourth-order valence-electron chi connectivity index (χ4n) is 3.90. The highest BCUT2D eigenvalue weighted by molar-refractivity contribution is 7.15. The Kier molecular flexibility index (Phi) is 4.65. The quantitative estimate of drug-likeness (QED) is 0.850. The molecule has 6 nitrogen and oxygen atoms in total. The maximum atomic E-state index is 12.8. The number of carbonyl (C=O) groups excluding carboxylic acids is 2. The molecule has 142 valence electrons. The zero-order chi connectivity index (χ0) is 19.0. The first-order valence-corrected chi connectivity index (χ1v) is 9.94. The molecule has 2 aliphatic heterocycles. The number of primary amides is 1. The molecular formula is C20H23N3O3S. The molecule has 0 radical (unpaired) electrons. The van der Waals surface area contributed by atoms with Gasteiger partial charge in [0.2, 0.25) is 0 Å². The van der Waals surface area contributed by atoms with Crippen LogP contribution in [0.3, 0.4) is 0 Å². The highest BCUT2D eigenvalue weighted by Gasteiger charge is 2.43. The van der Waals surface area contributed by atoms with Crippen LogP contribution in [0, 0.1) is 0 Å². The minimum Gasteiger partial charge on any atom is -0.487 e. The molecular weight excluding hydrogens is 362 g/mol. The standard InChI is InChI=1S/C20H23N3O3S/c1-23-10-8-20(9-11-23)12-14(13-4-2-3-5-15(13)26-20)22-19(25)17-7-6-16(27-17)18(21)24/h2-7,14H,8-12H2,1H3,(H2,21,24)(H,22,25). The number of likely N-dealkylation sites (tertiary alicyclic amines) is 1. The molecule has 0 aliphatic carbocycles. The lowest BCUT2D eigenvalue weighted by Crippen LogP contribution is -2.51. The number of nitrogens with one attached hydrogen (secondary N) is 1. The number of nitrogens with zero attached hydrogens (tertiary/aromatic N) is 1. The van der Waals surface area contributed by atoms with Gasteiger partial charge in [-0.15, -0.1) is 11.3 Å². The van der Waals surface area contributed by atoms with Crippen molar-refractivity contribution in [2.75, 3.05) is 20.1 Å². The van der Waals surface area contributed by atoms with Crippen molar-refractivity contribution in [2.24, 2.45) is 5.73 Å². The van der Waals surface area contributed by atoms with E-state index in [2.05, 4.69) is 17.3 Å². The van der Waals surface area contributed by atoms with E-state index >= 15 is 0 Å². The molecule has 1 saturated heterocycles. The number of piperidine rings is 1. The Morgan fingerprint density at radius 3 is 2.59 bits per heavy atom. The van der Waals surface area contributed by atoms with E-state index in [-0.39, 0.29) is 17.6 Å². The summed E-state index contributed by atoms with van der Waals surface area (Å²) in [6.45, 7) is 1.96. The number of fused-ring (bicyclic) bond motifs is 1. The molecule has 27 heavy (non-hydrogen) atoms. The van der Waals surface area contributed by atoms with Crippen LogP contribution in [-0.2, 0) is 0 Å². The van der Waals surface area contributed by atoms with Crippen molar-refractivity contribution in [2.45, 2.75) is 30.9 Å². The number of carbonyl (C=O) groups is 2. The van der Waals surface area contributed by atoms with E-state index in [0.717, 1.165) is 55.0 Å². The smallest absolute Gasteiger partial charge is 0.261 e. The summed E-state index contributed by atoms with van der Waals surface area (Å²) in [7, 11) is 2.12. The second-order valence-corrected chi connectivity index (χ2v) is 8.47. The molecule has 0 saturated carbocycles. The summed E-state index contributed by atoms with van der Waals surface area (Å²) < 4.78 is 6.43. The first kappa shape index (κ1) is 18.0. The third kappa shape index (κ3) is 3.57. The van der Waals surface area contributed by atoms with E-state index in [1.54, 1.807) is 12.1 Å². The molecule has 1 spiro atoms. The van der Waals surface area contributed by atoms with Gasteiger partial charge in [0.25, 0.3) is 11.8 Å². The average molecular weight is 385 g/mol. The van der Waals surface area contributed by atoms with Gasteiger partial charge in [-0.25, -0.2) is 0 Å². The Morgan fingerprint density at radius 2 is 1.89 bits per heavy atom. The summed E-state index contributed by atoms with van der Waals surface area (Å²) in [6.07, 6.45) is 2.63. The van der Waals surface area contributed by atoms with Crippen LogP contribution in [0.4, 0.5) is 0 Å². The zero-order valence-electron chi connectivity index (χ0n) is 15.2. The van der Waals surface area contributed by atoms with Gasteiger partial charge in [-0.05, 0) is 38.1 Å². The minimum atomic E-state index is -0.513. The van der Waals surface area contributed by atoms with Crippen LogP contribution >= 0.6 is 11.3 Å². The Hall–Kier alpha value is -2.38. The first-order valence-electron chi connectivity index (χ1n) is 9.13. The van der Waals surface area contributed by atoms with Gasteiger partial charge in [0.05, 0.1) is 15.8 Å². The summed E-state index contributed by atoms with van der Waals surface area (Å²) in [6, 6.07) is 11.0. The van der Waals surface area contributed by atoms with Crippen molar-refractivity contribution < 1.29 is 14.3 Å². The van der Waals surface area contributed by atoms with Crippen LogP contribution in [0.25, 0.3) is 0 Å².